The van der Waals surface area contributed by atoms with Gasteiger partial charge in [0.05, 0.1) is 7.05 Å². The Morgan fingerprint density at radius 1 is 1.17 bits per heavy atom. The van der Waals surface area contributed by atoms with Gasteiger partial charge in [-0.3, -0.25) is 4.79 Å². The minimum absolute atomic E-state index is 0.0581. The van der Waals surface area contributed by atoms with E-state index in [2.05, 4.69) is 5.32 Å². The molecule has 122 valence electrons. The van der Waals surface area contributed by atoms with Crippen molar-refractivity contribution in [1.82, 2.24) is 0 Å². The highest BCUT2D eigenvalue weighted by atomic mass is 19.1. The van der Waals surface area contributed by atoms with Crippen LogP contribution in [0, 0.1) is 12.7 Å². The van der Waals surface area contributed by atoms with Crippen LogP contribution in [-0.2, 0) is 4.79 Å². The Bertz CT molecular complexity index is 644. The van der Waals surface area contributed by atoms with Crippen LogP contribution in [0.5, 0.6) is 5.75 Å². The summed E-state index contributed by atoms with van der Waals surface area (Å²) in [4.78, 5) is 13.0. The molecule has 5 heteroatoms. The first-order valence-electron chi connectivity index (χ1n) is 7.60. The molecule has 0 spiro atoms. The lowest BCUT2D eigenvalue weighted by atomic mass is 10.2. The summed E-state index contributed by atoms with van der Waals surface area (Å²) in [6, 6.07) is 14.0. The number of halogens is 1. The van der Waals surface area contributed by atoms with Gasteiger partial charge in [0.25, 0.3) is 5.91 Å². The van der Waals surface area contributed by atoms with Gasteiger partial charge in [0.2, 0.25) is 0 Å². The molecule has 23 heavy (non-hydrogen) atoms. The number of rotatable bonds is 7. The Kier molecular flexibility index (Phi) is 6.11. The minimum Gasteiger partial charge on any atom is -0.485 e. The third-order valence-electron chi connectivity index (χ3n) is 3.42. The van der Waals surface area contributed by atoms with Crippen molar-refractivity contribution in [2.75, 3.05) is 32.1 Å². The van der Waals surface area contributed by atoms with Gasteiger partial charge >= 0.3 is 0 Å². The van der Waals surface area contributed by atoms with Crippen molar-refractivity contribution in [2.45, 2.75) is 6.92 Å². The van der Waals surface area contributed by atoms with E-state index >= 15 is 0 Å². The summed E-state index contributed by atoms with van der Waals surface area (Å²) in [5, 5.41) is 2.86. The molecule has 1 unspecified atom stereocenters. The van der Waals surface area contributed by atoms with Gasteiger partial charge in [-0.25, -0.2) is 4.39 Å². The van der Waals surface area contributed by atoms with Gasteiger partial charge in [-0.05, 0) is 31.2 Å². The van der Waals surface area contributed by atoms with E-state index in [9.17, 15) is 9.18 Å². The summed E-state index contributed by atoms with van der Waals surface area (Å²) in [5.74, 6) is -0.191. The number of hydrogen-bond acceptors (Lipinski definition) is 2. The zero-order valence-corrected chi connectivity index (χ0v) is 13.4. The molecule has 2 N–H and O–H groups in total. The Balaban J connectivity index is 1.71. The fraction of sp³-hybridized carbons (Fsp3) is 0.278. The van der Waals surface area contributed by atoms with Crippen LogP contribution < -0.4 is 15.0 Å². The number of likely N-dealkylation sites (N-methyl/N-ethyl adjacent to an activating group) is 1. The lowest BCUT2D eigenvalue weighted by Gasteiger charge is -2.14. The van der Waals surface area contributed by atoms with Crippen molar-refractivity contribution < 1.29 is 18.8 Å². The topological polar surface area (TPSA) is 42.8 Å². The first-order chi connectivity index (χ1) is 11.0. The number of anilines is 1. The van der Waals surface area contributed by atoms with Crippen molar-refractivity contribution >= 4 is 11.6 Å². The molecule has 0 aromatic heterocycles. The lowest BCUT2D eigenvalue weighted by molar-refractivity contribution is -0.871. The second-order valence-corrected chi connectivity index (χ2v) is 5.58. The van der Waals surface area contributed by atoms with Crippen molar-refractivity contribution in [3.63, 3.8) is 0 Å². The zero-order chi connectivity index (χ0) is 16.7. The highest BCUT2D eigenvalue weighted by Gasteiger charge is 2.11. The van der Waals surface area contributed by atoms with Crippen LogP contribution in [0.1, 0.15) is 5.56 Å². The van der Waals surface area contributed by atoms with Crippen LogP contribution in [0.25, 0.3) is 0 Å². The number of quaternary nitrogens is 1. The SMILES string of the molecule is Cc1ccc(NC(=O)C[NH+](C)CCOc2ccccc2F)cc1. The average molecular weight is 317 g/mol. The molecule has 4 nitrogen and oxygen atoms in total. The van der Waals surface area contributed by atoms with E-state index in [1.165, 1.54) is 6.07 Å². The molecule has 0 fully saturated rings. The summed E-state index contributed by atoms with van der Waals surface area (Å²) in [6.07, 6.45) is 0. The maximum absolute atomic E-state index is 13.4. The maximum atomic E-state index is 13.4. The fourth-order valence-corrected chi connectivity index (χ4v) is 2.10. The molecule has 0 saturated carbocycles. The van der Waals surface area contributed by atoms with E-state index in [4.69, 9.17) is 4.74 Å². The molecular formula is C18H22FN2O2+. The molecule has 0 saturated heterocycles. The molecule has 2 aromatic rings. The number of para-hydroxylation sites is 1. The van der Waals surface area contributed by atoms with E-state index < -0.39 is 0 Å². The summed E-state index contributed by atoms with van der Waals surface area (Å²) in [6.45, 7) is 3.29. The molecule has 0 heterocycles. The van der Waals surface area contributed by atoms with Gasteiger partial charge < -0.3 is 15.0 Å². The highest BCUT2D eigenvalue weighted by Crippen LogP contribution is 2.14. The van der Waals surface area contributed by atoms with Crippen LogP contribution in [0.2, 0.25) is 0 Å². The third kappa shape index (κ3) is 5.71. The number of amides is 1. The predicted octanol–water partition coefficient (Wildman–Crippen LogP) is 1.67. The van der Waals surface area contributed by atoms with Crippen LogP contribution in [0.4, 0.5) is 10.1 Å². The van der Waals surface area contributed by atoms with Crippen molar-refractivity contribution in [1.29, 1.82) is 0 Å². The molecule has 2 rings (SSSR count). The second-order valence-electron chi connectivity index (χ2n) is 5.58. The van der Waals surface area contributed by atoms with Gasteiger partial charge in [0.15, 0.2) is 18.1 Å². The summed E-state index contributed by atoms with van der Waals surface area (Å²) in [7, 11) is 1.90. The largest absolute Gasteiger partial charge is 0.485 e. The van der Waals surface area contributed by atoms with E-state index in [-0.39, 0.29) is 17.5 Å². The number of nitrogens with one attached hydrogen (secondary N) is 2. The highest BCUT2D eigenvalue weighted by molar-refractivity contribution is 5.91. The normalized spacial score (nSPS) is 11.8. The molecule has 0 aliphatic rings. The second kappa shape index (κ2) is 8.29. The molecular weight excluding hydrogens is 295 g/mol. The first-order valence-corrected chi connectivity index (χ1v) is 7.60. The van der Waals surface area contributed by atoms with Crippen molar-refractivity contribution in [3.05, 3.63) is 59.9 Å². The van der Waals surface area contributed by atoms with Gasteiger partial charge in [0.1, 0.15) is 13.2 Å². The van der Waals surface area contributed by atoms with E-state index in [1.807, 2.05) is 38.2 Å². The van der Waals surface area contributed by atoms with Gasteiger partial charge in [-0.1, -0.05) is 29.8 Å². The van der Waals surface area contributed by atoms with Crippen molar-refractivity contribution in [2.24, 2.45) is 0 Å². The smallest absolute Gasteiger partial charge is 0.279 e. The van der Waals surface area contributed by atoms with Crippen LogP contribution in [0.3, 0.4) is 0 Å². The number of hydrogen-bond donors (Lipinski definition) is 2. The number of aryl methyl sites for hydroxylation is 1. The molecule has 0 aliphatic carbocycles. The standard InChI is InChI=1S/C18H21FN2O2/c1-14-7-9-15(10-8-14)20-18(22)13-21(2)11-12-23-17-6-4-3-5-16(17)19/h3-10H,11-13H2,1-2H3,(H,20,22)/p+1. The average Bonchev–Trinajstić information content (AvgIpc) is 2.51. The lowest BCUT2D eigenvalue weighted by Crippen LogP contribution is -3.10. The predicted molar refractivity (Wildman–Crippen MR) is 88.3 cm³/mol. The summed E-state index contributed by atoms with van der Waals surface area (Å²) in [5.41, 5.74) is 1.94. The number of carbonyl (C=O) groups is 1. The van der Waals surface area contributed by atoms with Gasteiger partial charge in [-0.2, -0.15) is 0 Å². The molecule has 2 aromatic carbocycles. The van der Waals surface area contributed by atoms with Crippen molar-refractivity contribution in [3.8, 4) is 5.75 Å². The summed E-state index contributed by atoms with van der Waals surface area (Å²) < 4.78 is 18.8. The molecule has 0 bridgehead atoms. The van der Waals surface area contributed by atoms with E-state index in [1.54, 1.807) is 18.2 Å². The molecule has 0 radical (unpaired) electrons. The third-order valence-corrected chi connectivity index (χ3v) is 3.42. The van der Waals surface area contributed by atoms with Gasteiger partial charge in [-0.15, -0.1) is 0 Å². The minimum atomic E-state index is -0.373. The summed E-state index contributed by atoms with van der Waals surface area (Å²) >= 11 is 0. The Labute approximate surface area is 135 Å². The Hall–Kier alpha value is -2.40. The number of carbonyl (C=O) groups excluding carboxylic acids is 1. The maximum Gasteiger partial charge on any atom is 0.279 e. The molecule has 0 aliphatic heterocycles. The van der Waals surface area contributed by atoms with Crippen LogP contribution >= 0.6 is 0 Å². The zero-order valence-electron chi connectivity index (χ0n) is 13.4. The van der Waals surface area contributed by atoms with E-state index in [0.29, 0.717) is 19.7 Å². The van der Waals surface area contributed by atoms with Gasteiger partial charge in [0, 0.05) is 5.69 Å². The Morgan fingerprint density at radius 3 is 2.57 bits per heavy atom. The van der Waals surface area contributed by atoms with Crippen LogP contribution in [0.15, 0.2) is 48.5 Å². The Morgan fingerprint density at radius 2 is 1.87 bits per heavy atom. The number of ether oxygens (including phenoxy) is 1. The van der Waals surface area contributed by atoms with E-state index in [0.717, 1.165) is 16.2 Å². The fourth-order valence-electron chi connectivity index (χ4n) is 2.10. The first kappa shape index (κ1) is 17.0. The molecule has 1 amide bonds. The monoisotopic (exact) mass is 317 g/mol. The number of benzene rings is 2. The quantitative estimate of drug-likeness (QED) is 0.816. The van der Waals surface area contributed by atoms with Crippen LogP contribution in [-0.4, -0.2) is 32.7 Å². The molecule has 1 atom stereocenters.